The number of carboxylic acid groups (broad SMARTS) is 1. The van der Waals surface area contributed by atoms with Gasteiger partial charge in [0.05, 0.1) is 5.69 Å². The number of nitrogens with zero attached hydrogens (tertiary/aromatic N) is 1. The molecule has 0 atom stereocenters. The van der Waals surface area contributed by atoms with Crippen LogP contribution in [0.3, 0.4) is 0 Å². The quantitative estimate of drug-likeness (QED) is 0.782. The summed E-state index contributed by atoms with van der Waals surface area (Å²) in [5.41, 5.74) is 4.62. The van der Waals surface area contributed by atoms with E-state index in [1.165, 1.54) is 0 Å². The van der Waals surface area contributed by atoms with Crippen LogP contribution in [0, 0.1) is 11.6 Å². The van der Waals surface area contributed by atoms with Gasteiger partial charge in [-0.15, -0.1) is 0 Å². The number of carboxylic acids is 1. The first-order valence-electron chi connectivity index (χ1n) is 4.44. The first-order valence-corrected chi connectivity index (χ1v) is 4.44. The van der Waals surface area contributed by atoms with Gasteiger partial charge in [-0.1, -0.05) is 5.16 Å². The number of halogens is 2. The Hall–Kier alpha value is -2.44. The van der Waals surface area contributed by atoms with Crippen LogP contribution < -0.4 is 5.73 Å². The van der Waals surface area contributed by atoms with E-state index in [1.54, 1.807) is 0 Å². The van der Waals surface area contributed by atoms with Gasteiger partial charge in [0.25, 0.3) is 0 Å². The standard InChI is InChI=1S/C10H6F2N2O3/c11-5-1-4(2-6(13)9(5)12)8-3-7(10(15)16)14-17-8/h1-3H,13H2,(H,15,16). The number of nitrogen functional groups attached to an aromatic ring is 1. The number of carbonyl (C=O) groups is 1. The summed E-state index contributed by atoms with van der Waals surface area (Å²) in [4.78, 5) is 10.6. The first-order chi connectivity index (χ1) is 7.99. The molecule has 1 aromatic heterocycles. The van der Waals surface area contributed by atoms with Gasteiger partial charge < -0.3 is 15.4 Å². The largest absolute Gasteiger partial charge is 0.476 e. The zero-order chi connectivity index (χ0) is 12.6. The van der Waals surface area contributed by atoms with E-state index in [1.807, 2.05) is 0 Å². The van der Waals surface area contributed by atoms with Gasteiger partial charge in [-0.25, -0.2) is 13.6 Å². The molecule has 2 rings (SSSR count). The Morgan fingerprint density at radius 3 is 2.59 bits per heavy atom. The van der Waals surface area contributed by atoms with Crippen molar-refractivity contribution >= 4 is 11.7 Å². The summed E-state index contributed by atoms with van der Waals surface area (Å²) in [6.45, 7) is 0. The van der Waals surface area contributed by atoms with Gasteiger partial charge in [0, 0.05) is 11.6 Å². The van der Waals surface area contributed by atoms with E-state index >= 15 is 0 Å². The highest BCUT2D eigenvalue weighted by Gasteiger charge is 2.15. The highest BCUT2D eigenvalue weighted by atomic mass is 19.2. The number of nitrogens with two attached hydrogens (primary N) is 1. The Balaban J connectivity index is 2.49. The summed E-state index contributed by atoms with van der Waals surface area (Å²) in [5.74, 6) is -3.59. The van der Waals surface area contributed by atoms with Crippen LogP contribution in [0.15, 0.2) is 22.7 Å². The van der Waals surface area contributed by atoms with E-state index in [0.29, 0.717) is 0 Å². The van der Waals surface area contributed by atoms with Crippen LogP contribution in [0.5, 0.6) is 0 Å². The van der Waals surface area contributed by atoms with Crippen LogP contribution in [0.2, 0.25) is 0 Å². The zero-order valence-electron chi connectivity index (χ0n) is 8.28. The van der Waals surface area contributed by atoms with Crippen molar-refractivity contribution in [2.75, 3.05) is 5.73 Å². The summed E-state index contributed by atoms with van der Waals surface area (Å²) in [6, 6.07) is 3.07. The van der Waals surface area contributed by atoms with Crippen molar-refractivity contribution in [1.29, 1.82) is 0 Å². The molecule has 0 saturated heterocycles. The van der Waals surface area contributed by atoms with E-state index in [9.17, 15) is 13.6 Å². The normalized spacial score (nSPS) is 10.5. The molecule has 0 radical (unpaired) electrons. The van der Waals surface area contributed by atoms with Crippen molar-refractivity contribution in [3.63, 3.8) is 0 Å². The summed E-state index contributed by atoms with van der Waals surface area (Å²) in [5, 5.41) is 11.9. The third kappa shape index (κ3) is 1.94. The summed E-state index contributed by atoms with van der Waals surface area (Å²) < 4.78 is 30.7. The van der Waals surface area contributed by atoms with Gasteiger partial charge in [0.15, 0.2) is 23.1 Å². The number of hydrogen-bond donors (Lipinski definition) is 2. The lowest BCUT2D eigenvalue weighted by Crippen LogP contribution is -1.95. The minimum atomic E-state index is -1.28. The Morgan fingerprint density at radius 2 is 2.06 bits per heavy atom. The van der Waals surface area contributed by atoms with Crippen molar-refractivity contribution in [2.24, 2.45) is 0 Å². The summed E-state index contributed by atoms with van der Waals surface area (Å²) in [7, 11) is 0. The minimum Gasteiger partial charge on any atom is -0.476 e. The van der Waals surface area contributed by atoms with Gasteiger partial charge in [0.2, 0.25) is 0 Å². The van der Waals surface area contributed by atoms with Gasteiger partial charge in [-0.2, -0.15) is 0 Å². The average molecular weight is 240 g/mol. The molecule has 0 aliphatic carbocycles. The van der Waals surface area contributed by atoms with Crippen LogP contribution >= 0.6 is 0 Å². The Morgan fingerprint density at radius 1 is 1.35 bits per heavy atom. The SMILES string of the molecule is Nc1cc(-c2cc(C(=O)O)no2)cc(F)c1F. The Kier molecular flexibility index (Phi) is 2.51. The first kappa shape index (κ1) is 11.1. The zero-order valence-corrected chi connectivity index (χ0v) is 8.28. The second-order valence-corrected chi connectivity index (χ2v) is 3.24. The van der Waals surface area contributed by atoms with Crippen LogP contribution in [0.25, 0.3) is 11.3 Å². The molecule has 0 bridgehead atoms. The fourth-order valence-electron chi connectivity index (χ4n) is 1.26. The maximum Gasteiger partial charge on any atom is 0.358 e. The molecule has 7 heteroatoms. The Bertz CT molecular complexity index is 572. The molecule has 2 aromatic rings. The fraction of sp³-hybridized carbons (Fsp3) is 0. The highest BCUT2D eigenvalue weighted by Crippen LogP contribution is 2.26. The molecule has 0 spiro atoms. The Labute approximate surface area is 93.4 Å². The van der Waals surface area contributed by atoms with E-state index in [2.05, 4.69) is 9.68 Å². The van der Waals surface area contributed by atoms with Crippen molar-refractivity contribution in [3.05, 3.63) is 35.5 Å². The van der Waals surface area contributed by atoms with Crippen molar-refractivity contribution in [3.8, 4) is 11.3 Å². The highest BCUT2D eigenvalue weighted by molar-refractivity contribution is 5.86. The van der Waals surface area contributed by atoms with E-state index in [0.717, 1.165) is 18.2 Å². The van der Waals surface area contributed by atoms with Gasteiger partial charge >= 0.3 is 5.97 Å². The average Bonchev–Trinajstić information content (AvgIpc) is 2.74. The topological polar surface area (TPSA) is 89.4 Å². The molecule has 0 fully saturated rings. The third-order valence-electron chi connectivity index (χ3n) is 2.07. The monoisotopic (exact) mass is 240 g/mol. The lowest BCUT2D eigenvalue weighted by molar-refractivity contribution is 0.0686. The lowest BCUT2D eigenvalue weighted by atomic mass is 10.1. The molecule has 5 nitrogen and oxygen atoms in total. The van der Waals surface area contributed by atoms with Crippen LogP contribution in [0.4, 0.5) is 14.5 Å². The summed E-state index contributed by atoms with van der Waals surface area (Å²) in [6.07, 6.45) is 0. The smallest absolute Gasteiger partial charge is 0.358 e. The number of rotatable bonds is 2. The number of anilines is 1. The molecule has 88 valence electrons. The molecule has 1 aromatic carbocycles. The lowest BCUT2D eigenvalue weighted by Gasteiger charge is -2.00. The molecule has 1 heterocycles. The molecule has 0 saturated carbocycles. The van der Waals surface area contributed by atoms with Crippen LogP contribution in [0.1, 0.15) is 10.5 Å². The molecule has 3 N–H and O–H groups in total. The molecule has 17 heavy (non-hydrogen) atoms. The summed E-state index contributed by atoms with van der Waals surface area (Å²) >= 11 is 0. The minimum absolute atomic E-state index is 0.00648. The molecule has 0 amide bonds. The molecule has 0 aliphatic heterocycles. The van der Waals surface area contributed by atoms with Gasteiger partial charge in [-0.3, -0.25) is 0 Å². The van der Waals surface area contributed by atoms with Crippen molar-refractivity contribution < 1.29 is 23.2 Å². The van der Waals surface area contributed by atoms with E-state index in [4.69, 9.17) is 10.8 Å². The van der Waals surface area contributed by atoms with Crippen molar-refractivity contribution in [2.45, 2.75) is 0 Å². The van der Waals surface area contributed by atoms with Crippen molar-refractivity contribution in [1.82, 2.24) is 5.16 Å². The van der Waals surface area contributed by atoms with E-state index < -0.39 is 23.3 Å². The van der Waals surface area contributed by atoms with Gasteiger partial charge in [0.1, 0.15) is 0 Å². The fourth-order valence-corrected chi connectivity index (χ4v) is 1.26. The van der Waals surface area contributed by atoms with Crippen LogP contribution in [-0.2, 0) is 0 Å². The number of benzene rings is 1. The maximum absolute atomic E-state index is 13.1. The predicted octanol–water partition coefficient (Wildman–Crippen LogP) is 1.90. The molecule has 0 unspecified atom stereocenters. The van der Waals surface area contributed by atoms with Crippen LogP contribution in [-0.4, -0.2) is 16.2 Å². The second kappa shape index (κ2) is 3.85. The molecular formula is C10H6F2N2O3. The predicted molar refractivity (Wildman–Crippen MR) is 53.2 cm³/mol. The number of aromatic nitrogens is 1. The number of aromatic carboxylic acids is 1. The van der Waals surface area contributed by atoms with E-state index in [-0.39, 0.29) is 17.0 Å². The number of hydrogen-bond acceptors (Lipinski definition) is 4. The van der Waals surface area contributed by atoms with Gasteiger partial charge in [-0.05, 0) is 12.1 Å². The third-order valence-corrected chi connectivity index (χ3v) is 2.07. The second-order valence-electron chi connectivity index (χ2n) is 3.24. The molecule has 0 aliphatic rings. The maximum atomic E-state index is 13.1. The molecular weight excluding hydrogens is 234 g/mol.